The van der Waals surface area contributed by atoms with Gasteiger partial charge < -0.3 is 31.1 Å². The topological polar surface area (TPSA) is 105 Å². The first kappa shape index (κ1) is 24.3. The fraction of sp³-hybridized carbons (Fsp3) is 1.00. The third-order valence-electron chi connectivity index (χ3n) is 2.05. The van der Waals surface area contributed by atoms with Crippen LogP contribution in [0.1, 0.15) is 25.7 Å². The fourth-order valence-corrected chi connectivity index (χ4v) is 1.07. The Morgan fingerprint density at radius 2 is 0.684 bits per heavy atom. The van der Waals surface area contributed by atoms with Crippen molar-refractivity contribution in [2.24, 2.45) is 0 Å². The number of aliphatic hydroxyl groups excluding tert-OH is 4. The maximum atomic E-state index is 8.33. The van der Waals surface area contributed by atoms with Gasteiger partial charge in [0.05, 0.1) is 0 Å². The normalized spacial score (nSPS) is 9.47. The van der Waals surface area contributed by atoms with E-state index < -0.39 is 0 Å². The zero-order chi connectivity index (χ0) is 13.9. The van der Waals surface area contributed by atoms with Crippen LogP contribution < -0.4 is 10.6 Å². The van der Waals surface area contributed by atoms with Crippen LogP contribution in [-0.4, -0.2) is 73.0 Å². The second-order valence-corrected chi connectivity index (χ2v) is 3.81. The largest absolute Gasteiger partial charge is 0.396 e. The third-order valence-corrected chi connectivity index (χ3v) is 2.05. The van der Waals surface area contributed by atoms with Crippen molar-refractivity contribution >= 4 is 0 Å². The Bertz CT molecular complexity index is 108. The number of hydrogen-bond acceptors (Lipinski definition) is 6. The molecule has 0 aliphatic rings. The second-order valence-electron chi connectivity index (χ2n) is 3.81. The minimum absolute atomic E-state index is 0. The summed E-state index contributed by atoms with van der Waals surface area (Å²) < 4.78 is 0. The molecule has 0 heterocycles. The molecule has 0 aliphatic heterocycles. The maximum Gasteiger partial charge on any atom is 0.0443 e. The van der Waals surface area contributed by atoms with Gasteiger partial charge in [0.2, 0.25) is 0 Å². The van der Waals surface area contributed by atoms with E-state index in [4.69, 9.17) is 20.4 Å². The smallest absolute Gasteiger partial charge is 0.0443 e. The summed E-state index contributed by atoms with van der Waals surface area (Å²) in [7, 11) is 0. The third kappa shape index (κ3) is 32.1. The number of aliphatic hydroxyl groups is 4. The summed E-state index contributed by atoms with van der Waals surface area (Å²) in [6.45, 7) is 4.34. The SMILES string of the molecule is OCCCNCCCO.OCCCNCCCO.[Cr]. The molecule has 6 nitrogen and oxygen atoms in total. The van der Waals surface area contributed by atoms with E-state index in [0.29, 0.717) is 0 Å². The van der Waals surface area contributed by atoms with E-state index in [9.17, 15) is 0 Å². The van der Waals surface area contributed by atoms with Crippen LogP contribution in [0.15, 0.2) is 0 Å². The molecule has 0 aliphatic carbocycles. The molecular weight excluding hydrogens is 288 g/mol. The van der Waals surface area contributed by atoms with Crippen molar-refractivity contribution in [3.8, 4) is 0 Å². The van der Waals surface area contributed by atoms with Gasteiger partial charge >= 0.3 is 0 Å². The van der Waals surface area contributed by atoms with Crippen molar-refractivity contribution in [2.75, 3.05) is 52.6 Å². The summed E-state index contributed by atoms with van der Waals surface area (Å²) in [4.78, 5) is 0. The molecule has 0 aromatic rings. The van der Waals surface area contributed by atoms with Crippen LogP contribution in [-0.2, 0) is 17.4 Å². The Morgan fingerprint density at radius 1 is 0.474 bits per heavy atom. The predicted octanol–water partition coefficient (Wildman–Crippen LogP) is -1.32. The molecule has 0 saturated heterocycles. The fourth-order valence-electron chi connectivity index (χ4n) is 1.07. The van der Waals surface area contributed by atoms with Gasteiger partial charge in [-0.25, -0.2) is 0 Å². The monoisotopic (exact) mass is 318 g/mol. The van der Waals surface area contributed by atoms with Gasteiger partial charge in [-0.3, -0.25) is 0 Å². The average molecular weight is 318 g/mol. The molecule has 0 fully saturated rings. The first-order chi connectivity index (χ1) is 8.83. The van der Waals surface area contributed by atoms with Crippen molar-refractivity contribution in [1.82, 2.24) is 10.6 Å². The van der Waals surface area contributed by atoms with Gasteiger partial charge in [0.1, 0.15) is 0 Å². The number of rotatable bonds is 12. The summed E-state index contributed by atoms with van der Waals surface area (Å²) in [5.41, 5.74) is 0. The molecular formula is C12H30CrN2O4. The predicted molar refractivity (Wildman–Crippen MR) is 72.6 cm³/mol. The Morgan fingerprint density at radius 3 is 0.842 bits per heavy atom. The van der Waals surface area contributed by atoms with E-state index in [2.05, 4.69) is 10.6 Å². The first-order valence-corrected chi connectivity index (χ1v) is 6.68. The van der Waals surface area contributed by atoms with E-state index in [1.54, 1.807) is 0 Å². The van der Waals surface area contributed by atoms with E-state index in [-0.39, 0.29) is 43.8 Å². The number of nitrogens with one attached hydrogen (secondary N) is 2. The standard InChI is InChI=1S/2C6H15NO2.Cr/c2*8-5-1-3-7-4-2-6-9;/h2*7-9H,1-6H2;. The van der Waals surface area contributed by atoms with E-state index in [1.165, 1.54) is 0 Å². The second kappa shape index (κ2) is 26.8. The molecule has 118 valence electrons. The molecule has 6 N–H and O–H groups in total. The van der Waals surface area contributed by atoms with E-state index in [1.807, 2.05) is 0 Å². The molecule has 0 unspecified atom stereocenters. The summed E-state index contributed by atoms with van der Waals surface area (Å²) in [6, 6.07) is 0. The van der Waals surface area contributed by atoms with Gasteiger partial charge in [-0.1, -0.05) is 0 Å². The zero-order valence-corrected chi connectivity index (χ0v) is 13.0. The maximum absolute atomic E-state index is 8.33. The van der Waals surface area contributed by atoms with Crippen molar-refractivity contribution in [2.45, 2.75) is 25.7 Å². The van der Waals surface area contributed by atoms with E-state index >= 15 is 0 Å². The van der Waals surface area contributed by atoms with Crippen LogP contribution >= 0.6 is 0 Å². The van der Waals surface area contributed by atoms with E-state index in [0.717, 1.165) is 51.9 Å². The van der Waals surface area contributed by atoms with Gasteiger partial charge in [0.25, 0.3) is 0 Å². The van der Waals surface area contributed by atoms with Gasteiger partial charge in [0.15, 0.2) is 0 Å². The summed E-state index contributed by atoms with van der Waals surface area (Å²) >= 11 is 0. The molecule has 0 radical (unpaired) electrons. The van der Waals surface area contributed by atoms with Crippen molar-refractivity contribution in [3.05, 3.63) is 0 Å². The summed E-state index contributed by atoms with van der Waals surface area (Å²) in [6.07, 6.45) is 3.19. The Kier molecular flexibility index (Phi) is 34.3. The summed E-state index contributed by atoms with van der Waals surface area (Å²) in [5, 5.41) is 39.5. The molecule has 0 aromatic heterocycles. The molecule has 0 rings (SSSR count). The van der Waals surface area contributed by atoms with Crippen LogP contribution in [0.5, 0.6) is 0 Å². The minimum Gasteiger partial charge on any atom is -0.396 e. The van der Waals surface area contributed by atoms with Gasteiger partial charge in [-0.2, -0.15) is 0 Å². The van der Waals surface area contributed by atoms with Crippen molar-refractivity contribution in [3.63, 3.8) is 0 Å². The van der Waals surface area contributed by atoms with Crippen LogP contribution in [0.25, 0.3) is 0 Å². The Hall–Kier alpha value is 0.292. The molecule has 0 spiro atoms. The molecule has 0 amide bonds. The van der Waals surface area contributed by atoms with Gasteiger partial charge in [-0.05, 0) is 51.9 Å². The average Bonchev–Trinajstić information content (AvgIpc) is 2.39. The van der Waals surface area contributed by atoms with Crippen molar-refractivity contribution < 1.29 is 37.8 Å². The number of hydrogen-bond donors (Lipinski definition) is 6. The molecule has 7 heteroatoms. The van der Waals surface area contributed by atoms with Crippen LogP contribution in [0, 0.1) is 0 Å². The molecule has 0 bridgehead atoms. The Balaban J connectivity index is -0.000000256. The van der Waals surface area contributed by atoms with Crippen molar-refractivity contribution in [1.29, 1.82) is 0 Å². The van der Waals surface area contributed by atoms with Crippen LogP contribution in [0.3, 0.4) is 0 Å². The van der Waals surface area contributed by atoms with Gasteiger partial charge in [0, 0.05) is 43.8 Å². The molecule has 0 saturated carbocycles. The van der Waals surface area contributed by atoms with Gasteiger partial charge in [-0.15, -0.1) is 0 Å². The zero-order valence-electron chi connectivity index (χ0n) is 11.7. The van der Waals surface area contributed by atoms with Crippen LogP contribution in [0.2, 0.25) is 0 Å². The Labute approximate surface area is 127 Å². The molecule has 19 heavy (non-hydrogen) atoms. The summed E-state index contributed by atoms with van der Waals surface area (Å²) in [5.74, 6) is 0. The van der Waals surface area contributed by atoms with Crippen LogP contribution in [0.4, 0.5) is 0 Å². The minimum atomic E-state index is 0. The molecule has 0 atom stereocenters. The molecule has 0 aromatic carbocycles. The quantitative estimate of drug-likeness (QED) is 0.249. The first-order valence-electron chi connectivity index (χ1n) is 6.68.